The molecular formula is C20H23NO5. The van der Waals surface area contributed by atoms with Gasteiger partial charge in [0.25, 0.3) is 5.91 Å². The minimum Gasteiger partial charge on any atom is -0.497 e. The van der Waals surface area contributed by atoms with Gasteiger partial charge in [-0.2, -0.15) is 0 Å². The van der Waals surface area contributed by atoms with Crippen LogP contribution in [-0.4, -0.2) is 51.3 Å². The number of ether oxygens (including phenoxy) is 4. The Kier molecular flexibility index (Phi) is 5.96. The first-order chi connectivity index (χ1) is 12.7. The Hall–Kier alpha value is -2.73. The van der Waals surface area contributed by atoms with Crippen LogP contribution in [0.25, 0.3) is 0 Å². The highest BCUT2D eigenvalue weighted by Crippen LogP contribution is 2.24. The third-order valence-electron chi connectivity index (χ3n) is 4.28. The zero-order valence-electron chi connectivity index (χ0n) is 15.1. The van der Waals surface area contributed by atoms with Gasteiger partial charge < -0.3 is 23.8 Å². The van der Waals surface area contributed by atoms with E-state index in [1.807, 2.05) is 30.3 Å². The lowest BCUT2D eigenvalue weighted by atomic mass is 10.1. The largest absolute Gasteiger partial charge is 0.497 e. The molecule has 0 aromatic heterocycles. The van der Waals surface area contributed by atoms with Crippen molar-refractivity contribution in [2.24, 2.45) is 0 Å². The lowest BCUT2D eigenvalue weighted by Crippen LogP contribution is -2.40. The van der Waals surface area contributed by atoms with E-state index in [0.717, 1.165) is 17.1 Å². The highest BCUT2D eigenvalue weighted by Gasteiger charge is 2.19. The van der Waals surface area contributed by atoms with E-state index < -0.39 is 0 Å². The normalized spacial score (nSPS) is 14.0. The molecule has 1 amide bonds. The van der Waals surface area contributed by atoms with Crippen LogP contribution in [0, 0.1) is 0 Å². The number of methoxy groups -OCH3 is 2. The zero-order valence-corrected chi connectivity index (χ0v) is 15.1. The molecule has 0 unspecified atom stereocenters. The molecule has 2 aromatic carbocycles. The molecule has 6 nitrogen and oxygen atoms in total. The molecule has 0 aliphatic carbocycles. The van der Waals surface area contributed by atoms with Crippen LogP contribution >= 0.6 is 0 Å². The van der Waals surface area contributed by atoms with Crippen molar-refractivity contribution in [3.05, 3.63) is 53.6 Å². The summed E-state index contributed by atoms with van der Waals surface area (Å²) < 4.78 is 21.7. The standard InChI is InChI=1S/C20H23NO5/c1-23-17-4-6-18(7-5-17)26-14-16-13-15(3-8-19(16)24-2)20(22)21-9-11-25-12-10-21/h3-8,13H,9-12,14H2,1-2H3. The molecule has 0 saturated carbocycles. The zero-order chi connectivity index (χ0) is 18.4. The van der Waals surface area contributed by atoms with Crippen LogP contribution in [0.3, 0.4) is 0 Å². The van der Waals surface area contributed by atoms with E-state index in [9.17, 15) is 4.79 Å². The Morgan fingerprint density at radius 2 is 1.69 bits per heavy atom. The van der Waals surface area contributed by atoms with Crippen LogP contribution in [0.1, 0.15) is 15.9 Å². The van der Waals surface area contributed by atoms with Crippen molar-refractivity contribution in [1.82, 2.24) is 4.90 Å². The van der Waals surface area contributed by atoms with E-state index in [0.29, 0.717) is 44.2 Å². The Balaban J connectivity index is 1.73. The number of amides is 1. The summed E-state index contributed by atoms with van der Waals surface area (Å²) in [6, 6.07) is 12.8. The summed E-state index contributed by atoms with van der Waals surface area (Å²) in [5.74, 6) is 2.18. The van der Waals surface area contributed by atoms with Gasteiger partial charge in [-0.05, 0) is 42.5 Å². The second-order valence-corrected chi connectivity index (χ2v) is 5.90. The van der Waals surface area contributed by atoms with Gasteiger partial charge >= 0.3 is 0 Å². The third kappa shape index (κ3) is 4.26. The van der Waals surface area contributed by atoms with Crippen LogP contribution in [0.2, 0.25) is 0 Å². The Morgan fingerprint density at radius 3 is 2.35 bits per heavy atom. The lowest BCUT2D eigenvalue weighted by Gasteiger charge is -2.27. The summed E-state index contributed by atoms with van der Waals surface area (Å²) in [6.07, 6.45) is 0. The van der Waals surface area contributed by atoms with Crippen molar-refractivity contribution in [2.75, 3.05) is 40.5 Å². The molecule has 2 aromatic rings. The van der Waals surface area contributed by atoms with Crippen molar-refractivity contribution in [3.8, 4) is 17.2 Å². The number of nitrogens with zero attached hydrogens (tertiary/aromatic N) is 1. The fourth-order valence-corrected chi connectivity index (χ4v) is 2.81. The molecule has 1 aliphatic heterocycles. The van der Waals surface area contributed by atoms with E-state index in [1.54, 1.807) is 31.3 Å². The SMILES string of the molecule is COc1ccc(OCc2cc(C(=O)N3CCOCC3)ccc2OC)cc1. The number of carbonyl (C=O) groups excluding carboxylic acids is 1. The monoisotopic (exact) mass is 357 g/mol. The predicted molar refractivity (Wildman–Crippen MR) is 97.0 cm³/mol. The molecule has 0 bridgehead atoms. The Labute approximate surface area is 153 Å². The maximum Gasteiger partial charge on any atom is 0.254 e. The molecule has 1 fully saturated rings. The maximum atomic E-state index is 12.7. The van der Waals surface area contributed by atoms with Crippen LogP contribution in [-0.2, 0) is 11.3 Å². The van der Waals surface area contributed by atoms with Crippen LogP contribution < -0.4 is 14.2 Å². The summed E-state index contributed by atoms with van der Waals surface area (Å²) in [5.41, 5.74) is 1.45. The molecule has 138 valence electrons. The van der Waals surface area contributed by atoms with Gasteiger partial charge in [-0.3, -0.25) is 4.79 Å². The topological polar surface area (TPSA) is 57.2 Å². The second kappa shape index (κ2) is 8.58. The first-order valence-corrected chi connectivity index (χ1v) is 8.52. The minimum atomic E-state index is 0.00153. The molecule has 0 atom stereocenters. The van der Waals surface area contributed by atoms with E-state index in [2.05, 4.69) is 0 Å². The average Bonchev–Trinajstić information content (AvgIpc) is 2.72. The highest BCUT2D eigenvalue weighted by atomic mass is 16.5. The quantitative estimate of drug-likeness (QED) is 0.796. The van der Waals surface area contributed by atoms with Crippen LogP contribution in [0.15, 0.2) is 42.5 Å². The number of rotatable bonds is 6. The molecule has 0 spiro atoms. The Bertz CT molecular complexity index is 738. The van der Waals surface area contributed by atoms with E-state index in [-0.39, 0.29) is 5.91 Å². The van der Waals surface area contributed by atoms with Crippen molar-refractivity contribution < 1.29 is 23.7 Å². The number of hydrogen-bond donors (Lipinski definition) is 0. The smallest absolute Gasteiger partial charge is 0.254 e. The van der Waals surface area contributed by atoms with Gasteiger partial charge in [0.05, 0.1) is 27.4 Å². The fraction of sp³-hybridized carbons (Fsp3) is 0.350. The van der Waals surface area contributed by atoms with Gasteiger partial charge in [0.1, 0.15) is 23.9 Å². The van der Waals surface area contributed by atoms with Gasteiger partial charge in [0, 0.05) is 24.2 Å². The van der Waals surface area contributed by atoms with Gasteiger partial charge in [0.15, 0.2) is 0 Å². The van der Waals surface area contributed by atoms with Gasteiger partial charge in [0.2, 0.25) is 0 Å². The van der Waals surface area contributed by atoms with Gasteiger partial charge in [-0.25, -0.2) is 0 Å². The summed E-state index contributed by atoms with van der Waals surface area (Å²) in [7, 11) is 3.23. The number of benzene rings is 2. The molecule has 1 heterocycles. The molecule has 1 saturated heterocycles. The van der Waals surface area contributed by atoms with E-state index in [1.165, 1.54) is 0 Å². The fourth-order valence-electron chi connectivity index (χ4n) is 2.81. The second-order valence-electron chi connectivity index (χ2n) is 5.90. The molecule has 1 aliphatic rings. The number of morpholine rings is 1. The van der Waals surface area contributed by atoms with Crippen molar-refractivity contribution in [1.29, 1.82) is 0 Å². The molecule has 3 rings (SSSR count). The first-order valence-electron chi connectivity index (χ1n) is 8.52. The first kappa shape index (κ1) is 18.1. The van der Waals surface area contributed by atoms with Gasteiger partial charge in [-0.1, -0.05) is 0 Å². The minimum absolute atomic E-state index is 0.00153. The predicted octanol–water partition coefficient (Wildman–Crippen LogP) is 2.76. The van der Waals surface area contributed by atoms with Crippen LogP contribution in [0.5, 0.6) is 17.2 Å². The van der Waals surface area contributed by atoms with Crippen molar-refractivity contribution >= 4 is 5.91 Å². The lowest BCUT2D eigenvalue weighted by molar-refractivity contribution is 0.0302. The van der Waals surface area contributed by atoms with Gasteiger partial charge in [-0.15, -0.1) is 0 Å². The summed E-state index contributed by atoms with van der Waals surface area (Å²) in [6.45, 7) is 2.69. The van der Waals surface area contributed by atoms with Crippen LogP contribution in [0.4, 0.5) is 0 Å². The molecule has 0 N–H and O–H groups in total. The van der Waals surface area contributed by atoms with E-state index in [4.69, 9.17) is 18.9 Å². The van der Waals surface area contributed by atoms with E-state index >= 15 is 0 Å². The summed E-state index contributed by atoms with van der Waals surface area (Å²) >= 11 is 0. The maximum absolute atomic E-state index is 12.7. The summed E-state index contributed by atoms with van der Waals surface area (Å²) in [5, 5.41) is 0. The molecule has 0 radical (unpaired) electrons. The Morgan fingerprint density at radius 1 is 1.00 bits per heavy atom. The number of carbonyl (C=O) groups is 1. The number of hydrogen-bond acceptors (Lipinski definition) is 5. The third-order valence-corrected chi connectivity index (χ3v) is 4.28. The van der Waals surface area contributed by atoms with Crippen molar-refractivity contribution in [3.63, 3.8) is 0 Å². The van der Waals surface area contributed by atoms with Crippen molar-refractivity contribution in [2.45, 2.75) is 6.61 Å². The molecule has 26 heavy (non-hydrogen) atoms. The summed E-state index contributed by atoms with van der Waals surface area (Å²) in [4.78, 5) is 14.5. The molecule has 6 heteroatoms. The average molecular weight is 357 g/mol. The highest BCUT2D eigenvalue weighted by molar-refractivity contribution is 5.94. The molecular weight excluding hydrogens is 334 g/mol.